The fraction of sp³-hybridized carbons (Fsp3) is 0.0833. The first-order valence-electron chi connectivity index (χ1n) is 9.63. The summed E-state index contributed by atoms with van der Waals surface area (Å²) in [6.45, 7) is 0.569. The molecule has 0 N–H and O–H groups in total. The zero-order valence-corrected chi connectivity index (χ0v) is 16.4. The molecule has 1 aliphatic heterocycles. The van der Waals surface area contributed by atoms with Gasteiger partial charge in [-0.2, -0.15) is 0 Å². The number of rotatable bonds is 7. The maximum atomic E-state index is 12.1. The number of esters is 1. The van der Waals surface area contributed by atoms with Gasteiger partial charge in [0.25, 0.3) is 5.69 Å². The molecule has 0 atom stereocenters. The molecule has 0 fully saturated rings. The Morgan fingerprint density at radius 1 is 0.968 bits per heavy atom. The van der Waals surface area contributed by atoms with Gasteiger partial charge >= 0.3 is 5.97 Å². The van der Waals surface area contributed by atoms with Crippen molar-refractivity contribution < 1.29 is 19.2 Å². The number of nitro groups is 1. The van der Waals surface area contributed by atoms with E-state index < -0.39 is 10.9 Å². The monoisotopic (exact) mass is 414 g/mol. The van der Waals surface area contributed by atoms with E-state index in [1.165, 1.54) is 29.8 Å². The Morgan fingerprint density at radius 3 is 2.35 bits per heavy atom. The van der Waals surface area contributed by atoms with Crippen molar-refractivity contribution in [2.24, 2.45) is 4.99 Å². The smallest absolute Gasteiger partial charge is 0.363 e. The number of aliphatic imine (C=N–C) groups is 1. The first-order valence-corrected chi connectivity index (χ1v) is 9.63. The van der Waals surface area contributed by atoms with Gasteiger partial charge in [0.05, 0.1) is 11.5 Å². The quantitative estimate of drug-likeness (QED) is 0.245. The Labute approximate surface area is 178 Å². The molecule has 0 unspecified atom stereocenters. The summed E-state index contributed by atoms with van der Waals surface area (Å²) in [4.78, 5) is 26.6. The van der Waals surface area contributed by atoms with Crippen molar-refractivity contribution in [3.05, 3.63) is 111 Å². The number of ether oxygens (including phenoxy) is 2. The second-order valence-corrected chi connectivity index (χ2v) is 6.79. The van der Waals surface area contributed by atoms with Crippen LogP contribution in [0.1, 0.15) is 16.7 Å². The van der Waals surface area contributed by atoms with Crippen molar-refractivity contribution in [2.75, 3.05) is 6.61 Å². The van der Waals surface area contributed by atoms with E-state index in [1.807, 2.05) is 42.5 Å². The maximum Gasteiger partial charge on any atom is 0.363 e. The summed E-state index contributed by atoms with van der Waals surface area (Å²) in [6, 6.07) is 23.1. The Bertz CT molecular complexity index is 1150. The van der Waals surface area contributed by atoms with Gasteiger partial charge in [0.15, 0.2) is 5.70 Å². The second-order valence-electron chi connectivity index (χ2n) is 6.79. The van der Waals surface area contributed by atoms with E-state index >= 15 is 0 Å². The third kappa shape index (κ3) is 5.02. The van der Waals surface area contributed by atoms with Crippen LogP contribution < -0.4 is 4.74 Å². The van der Waals surface area contributed by atoms with Crippen LogP contribution in [0.5, 0.6) is 5.75 Å². The summed E-state index contributed by atoms with van der Waals surface area (Å²) >= 11 is 0. The summed E-state index contributed by atoms with van der Waals surface area (Å²) in [5.74, 6) is 0.283. The predicted molar refractivity (Wildman–Crippen MR) is 116 cm³/mol. The molecule has 1 heterocycles. The highest BCUT2D eigenvalue weighted by atomic mass is 16.6. The van der Waals surface area contributed by atoms with E-state index in [1.54, 1.807) is 6.08 Å². The lowest BCUT2D eigenvalue weighted by Crippen LogP contribution is -2.05. The molecule has 3 aromatic carbocycles. The van der Waals surface area contributed by atoms with Crippen molar-refractivity contribution in [1.29, 1.82) is 0 Å². The largest absolute Gasteiger partial charge is 0.493 e. The number of nitrogens with zero attached hydrogens (tertiary/aromatic N) is 2. The first kappa shape index (κ1) is 20.0. The Hall–Kier alpha value is -4.26. The van der Waals surface area contributed by atoms with Crippen LogP contribution in [0.15, 0.2) is 89.6 Å². The molecule has 31 heavy (non-hydrogen) atoms. The number of hydrogen-bond donors (Lipinski definition) is 0. The fourth-order valence-corrected chi connectivity index (χ4v) is 3.01. The lowest BCUT2D eigenvalue weighted by molar-refractivity contribution is -0.384. The van der Waals surface area contributed by atoms with Gasteiger partial charge in [-0.05, 0) is 41.5 Å². The highest BCUT2D eigenvalue weighted by molar-refractivity contribution is 6.12. The number of benzene rings is 3. The lowest BCUT2D eigenvalue weighted by Gasteiger charge is -2.06. The minimum Gasteiger partial charge on any atom is -0.493 e. The predicted octanol–water partition coefficient (Wildman–Crippen LogP) is 4.56. The zero-order valence-electron chi connectivity index (χ0n) is 16.4. The minimum atomic E-state index is -0.573. The van der Waals surface area contributed by atoms with Crippen molar-refractivity contribution in [3.63, 3.8) is 0 Å². The number of nitro benzene ring substituents is 1. The second kappa shape index (κ2) is 9.04. The molecule has 3 aromatic rings. The summed E-state index contributed by atoms with van der Waals surface area (Å²) in [5, 5.41) is 10.8. The number of cyclic esters (lactones) is 1. The highest BCUT2D eigenvalue weighted by Crippen LogP contribution is 2.22. The molecule has 0 aliphatic carbocycles. The van der Waals surface area contributed by atoms with Crippen molar-refractivity contribution >= 4 is 23.6 Å². The fourth-order valence-electron chi connectivity index (χ4n) is 3.01. The van der Waals surface area contributed by atoms with E-state index in [9.17, 15) is 14.9 Å². The SMILES string of the molecule is O=C1OC(c2ccc([N+](=O)[O-])cc2)=N/C1=C\c1ccc(OCCc2ccccc2)cc1. The molecule has 0 amide bonds. The number of hydrogen-bond acceptors (Lipinski definition) is 6. The molecular weight excluding hydrogens is 396 g/mol. The summed E-state index contributed by atoms with van der Waals surface area (Å²) < 4.78 is 11.0. The topological polar surface area (TPSA) is 91.0 Å². The Morgan fingerprint density at radius 2 is 1.68 bits per heavy atom. The Balaban J connectivity index is 1.40. The molecule has 154 valence electrons. The van der Waals surface area contributed by atoms with Gasteiger partial charge < -0.3 is 9.47 Å². The van der Waals surface area contributed by atoms with Gasteiger partial charge in [-0.15, -0.1) is 0 Å². The normalized spacial score (nSPS) is 14.3. The molecule has 0 saturated carbocycles. The molecule has 7 nitrogen and oxygen atoms in total. The van der Waals surface area contributed by atoms with Gasteiger partial charge in [0.1, 0.15) is 5.75 Å². The van der Waals surface area contributed by atoms with E-state index in [0.29, 0.717) is 12.2 Å². The molecule has 7 heteroatoms. The minimum absolute atomic E-state index is 0.0458. The molecule has 4 rings (SSSR count). The van der Waals surface area contributed by atoms with Crippen LogP contribution in [-0.2, 0) is 16.0 Å². The van der Waals surface area contributed by atoms with Crippen molar-refractivity contribution in [3.8, 4) is 5.75 Å². The van der Waals surface area contributed by atoms with Crippen LogP contribution in [0.4, 0.5) is 5.69 Å². The van der Waals surface area contributed by atoms with Crippen molar-refractivity contribution in [1.82, 2.24) is 0 Å². The maximum absolute atomic E-state index is 12.1. The molecule has 0 aromatic heterocycles. The van der Waals surface area contributed by atoms with Crippen LogP contribution in [0.3, 0.4) is 0 Å². The highest BCUT2D eigenvalue weighted by Gasteiger charge is 2.24. The molecule has 1 aliphatic rings. The van der Waals surface area contributed by atoms with Gasteiger partial charge in [0.2, 0.25) is 5.90 Å². The first-order chi connectivity index (χ1) is 15.1. The van der Waals surface area contributed by atoms with Gasteiger partial charge in [-0.1, -0.05) is 42.5 Å². The van der Waals surface area contributed by atoms with Crippen LogP contribution in [0, 0.1) is 10.1 Å². The van der Waals surface area contributed by atoms with Crippen LogP contribution in [0.25, 0.3) is 6.08 Å². The summed E-state index contributed by atoms with van der Waals surface area (Å²) in [6.07, 6.45) is 2.44. The number of non-ortho nitro benzene ring substituents is 1. The lowest BCUT2D eigenvalue weighted by atomic mass is 10.1. The third-order valence-electron chi connectivity index (χ3n) is 4.63. The molecule has 0 saturated heterocycles. The molecular formula is C24H18N2O5. The number of carbonyl (C=O) groups is 1. The van der Waals surface area contributed by atoms with E-state index in [0.717, 1.165) is 17.7 Å². The molecule has 0 radical (unpaired) electrons. The average Bonchev–Trinajstić information content (AvgIpc) is 3.16. The summed E-state index contributed by atoms with van der Waals surface area (Å²) in [5.41, 5.74) is 2.59. The Kier molecular flexibility index (Phi) is 5.84. The average molecular weight is 414 g/mol. The van der Waals surface area contributed by atoms with Crippen molar-refractivity contribution in [2.45, 2.75) is 6.42 Å². The van der Waals surface area contributed by atoms with Gasteiger partial charge in [-0.3, -0.25) is 10.1 Å². The van der Waals surface area contributed by atoms with Gasteiger partial charge in [-0.25, -0.2) is 9.79 Å². The van der Waals surface area contributed by atoms with Gasteiger partial charge in [0, 0.05) is 24.1 Å². The molecule has 0 spiro atoms. The van der Waals surface area contributed by atoms with E-state index in [4.69, 9.17) is 9.47 Å². The standard InChI is InChI=1S/C24H18N2O5/c27-24-22(25-23(31-24)19-8-10-20(11-9-19)26(28)29)16-18-6-12-21(13-7-18)30-15-14-17-4-2-1-3-5-17/h1-13,16H,14-15H2/b22-16-. The van der Waals surface area contributed by atoms with E-state index in [2.05, 4.69) is 17.1 Å². The van der Waals surface area contributed by atoms with Crippen LogP contribution in [-0.4, -0.2) is 23.4 Å². The number of carbonyl (C=O) groups excluding carboxylic acids is 1. The third-order valence-corrected chi connectivity index (χ3v) is 4.63. The van der Waals surface area contributed by atoms with Crippen LogP contribution >= 0.6 is 0 Å². The van der Waals surface area contributed by atoms with E-state index in [-0.39, 0.29) is 17.3 Å². The zero-order chi connectivity index (χ0) is 21.6. The summed E-state index contributed by atoms with van der Waals surface area (Å²) in [7, 11) is 0. The van der Waals surface area contributed by atoms with Crippen LogP contribution in [0.2, 0.25) is 0 Å². The molecule has 0 bridgehead atoms.